The van der Waals surface area contributed by atoms with Crippen LogP contribution in [0, 0.1) is 6.92 Å². The van der Waals surface area contributed by atoms with Crippen molar-refractivity contribution in [2.75, 3.05) is 0 Å². The topological polar surface area (TPSA) is 99.6 Å². The summed E-state index contributed by atoms with van der Waals surface area (Å²) in [6.45, 7) is 5.37. The van der Waals surface area contributed by atoms with Gasteiger partial charge in [0.05, 0.1) is 6.10 Å². The molecular formula is C14H23NO5S. The first-order valence-electron chi connectivity index (χ1n) is 7.10. The Hall–Kier alpha value is -1.34. The number of hydrogen-bond acceptors (Lipinski definition) is 5. The van der Waals surface area contributed by atoms with Crippen molar-refractivity contribution in [3.63, 3.8) is 0 Å². The predicted molar refractivity (Wildman–Crippen MR) is 78.5 cm³/mol. The molecule has 120 valence electrons. The molecule has 0 saturated heterocycles. The van der Waals surface area contributed by atoms with Gasteiger partial charge >= 0.3 is 5.97 Å². The molecule has 1 aromatic heterocycles. The molecule has 1 aromatic rings. The van der Waals surface area contributed by atoms with Crippen molar-refractivity contribution in [3.05, 3.63) is 17.6 Å². The summed E-state index contributed by atoms with van der Waals surface area (Å²) in [5, 5.41) is 5.03. The van der Waals surface area contributed by atoms with Crippen molar-refractivity contribution < 1.29 is 22.4 Å². The second kappa shape index (κ2) is 7.61. The number of rotatable bonds is 8. The molecule has 0 radical (unpaired) electrons. The minimum absolute atomic E-state index is 0.0834. The molecule has 7 heteroatoms. The van der Waals surface area contributed by atoms with Gasteiger partial charge in [0.2, 0.25) is 15.8 Å². The average Bonchev–Trinajstić information content (AvgIpc) is 2.77. The Morgan fingerprint density at radius 1 is 1.38 bits per heavy atom. The highest BCUT2D eigenvalue weighted by Crippen LogP contribution is 2.20. The van der Waals surface area contributed by atoms with Gasteiger partial charge < -0.3 is 9.15 Å². The lowest BCUT2D eigenvalue weighted by Gasteiger charge is -2.11. The number of furan rings is 1. The number of sulfonamides is 1. The molecule has 0 aromatic carbocycles. The first-order valence-corrected chi connectivity index (χ1v) is 8.64. The lowest BCUT2D eigenvalue weighted by Crippen LogP contribution is -2.15. The van der Waals surface area contributed by atoms with Crippen LogP contribution in [-0.2, 0) is 14.8 Å². The number of nitrogens with two attached hydrogens (primary N) is 1. The van der Waals surface area contributed by atoms with Gasteiger partial charge in [-0.3, -0.25) is 0 Å². The highest BCUT2D eigenvalue weighted by Gasteiger charge is 2.23. The molecule has 0 aliphatic carbocycles. The molecule has 0 aliphatic heterocycles. The van der Waals surface area contributed by atoms with Crippen molar-refractivity contribution in [2.24, 2.45) is 5.14 Å². The van der Waals surface area contributed by atoms with Crippen molar-refractivity contribution in [1.29, 1.82) is 0 Å². The summed E-state index contributed by atoms with van der Waals surface area (Å²) in [5.74, 6) is -0.729. The number of carbonyl (C=O) groups is 1. The molecule has 0 saturated carbocycles. The third kappa shape index (κ3) is 5.51. The third-order valence-corrected chi connectivity index (χ3v) is 4.17. The molecule has 6 nitrogen and oxygen atoms in total. The Kier molecular flexibility index (Phi) is 6.42. The highest BCUT2D eigenvalue weighted by molar-refractivity contribution is 7.89. The van der Waals surface area contributed by atoms with Crippen LogP contribution in [0.4, 0.5) is 0 Å². The van der Waals surface area contributed by atoms with Crippen LogP contribution < -0.4 is 5.14 Å². The summed E-state index contributed by atoms with van der Waals surface area (Å²) in [6.07, 6.45) is 4.94. The fourth-order valence-corrected chi connectivity index (χ4v) is 2.72. The first-order chi connectivity index (χ1) is 9.75. The van der Waals surface area contributed by atoms with Crippen molar-refractivity contribution in [1.82, 2.24) is 0 Å². The van der Waals surface area contributed by atoms with Crippen molar-refractivity contribution in [3.8, 4) is 0 Å². The zero-order valence-corrected chi connectivity index (χ0v) is 13.5. The second-order valence-electron chi connectivity index (χ2n) is 5.14. The molecular weight excluding hydrogens is 294 g/mol. The monoisotopic (exact) mass is 317 g/mol. The predicted octanol–water partition coefficient (Wildman–Crippen LogP) is 2.75. The first kappa shape index (κ1) is 17.7. The quantitative estimate of drug-likeness (QED) is 0.587. The zero-order chi connectivity index (χ0) is 16.0. The van der Waals surface area contributed by atoms with Crippen LogP contribution in [0.5, 0.6) is 0 Å². The van der Waals surface area contributed by atoms with Crippen LogP contribution in [-0.4, -0.2) is 20.5 Å². The summed E-state index contributed by atoms with van der Waals surface area (Å²) in [4.78, 5) is 11.7. The van der Waals surface area contributed by atoms with E-state index < -0.39 is 16.0 Å². The fraction of sp³-hybridized carbons (Fsp3) is 0.643. The minimum atomic E-state index is -3.90. The van der Waals surface area contributed by atoms with Gasteiger partial charge in [0, 0.05) is 6.07 Å². The van der Waals surface area contributed by atoms with E-state index >= 15 is 0 Å². The third-order valence-electron chi connectivity index (χ3n) is 3.15. The molecule has 0 aliphatic rings. The van der Waals surface area contributed by atoms with E-state index in [-0.39, 0.29) is 22.5 Å². The number of carbonyl (C=O) groups excluding carboxylic acids is 1. The molecule has 0 spiro atoms. The summed E-state index contributed by atoms with van der Waals surface area (Å²) < 4.78 is 32.9. The van der Waals surface area contributed by atoms with E-state index in [4.69, 9.17) is 14.3 Å². The molecule has 1 heterocycles. The van der Waals surface area contributed by atoms with Crippen LogP contribution in [0.3, 0.4) is 0 Å². The number of ether oxygens (including phenoxy) is 1. The van der Waals surface area contributed by atoms with Gasteiger partial charge in [-0.05, 0) is 26.7 Å². The Morgan fingerprint density at radius 2 is 2.05 bits per heavy atom. The molecule has 2 N–H and O–H groups in total. The van der Waals surface area contributed by atoms with Crippen LogP contribution in [0.15, 0.2) is 15.4 Å². The van der Waals surface area contributed by atoms with Crippen LogP contribution in [0.25, 0.3) is 0 Å². The van der Waals surface area contributed by atoms with Crippen LogP contribution in [0.2, 0.25) is 0 Å². The van der Waals surface area contributed by atoms with E-state index in [1.54, 1.807) is 6.92 Å². The summed E-state index contributed by atoms with van der Waals surface area (Å²) in [6, 6.07) is 1.11. The molecule has 0 fully saturated rings. The van der Waals surface area contributed by atoms with Gasteiger partial charge in [-0.1, -0.05) is 26.2 Å². The van der Waals surface area contributed by atoms with E-state index in [9.17, 15) is 13.2 Å². The molecule has 1 unspecified atom stereocenters. The fourth-order valence-electron chi connectivity index (χ4n) is 2.01. The summed E-state index contributed by atoms with van der Waals surface area (Å²) in [5.41, 5.74) is 0. The highest BCUT2D eigenvalue weighted by atomic mass is 32.2. The maximum atomic E-state index is 11.9. The summed E-state index contributed by atoms with van der Waals surface area (Å²) >= 11 is 0. The number of unbranched alkanes of at least 4 members (excludes halogenated alkanes) is 3. The number of aryl methyl sites for hydroxylation is 1. The lowest BCUT2D eigenvalue weighted by molar-refractivity contribution is 0.0282. The number of hydrogen-bond donors (Lipinski definition) is 1. The van der Waals surface area contributed by atoms with Crippen LogP contribution >= 0.6 is 0 Å². The lowest BCUT2D eigenvalue weighted by atomic mass is 10.1. The molecule has 21 heavy (non-hydrogen) atoms. The van der Waals surface area contributed by atoms with Crippen LogP contribution in [0.1, 0.15) is 62.3 Å². The Morgan fingerprint density at radius 3 is 2.57 bits per heavy atom. The van der Waals surface area contributed by atoms with E-state index in [0.29, 0.717) is 0 Å². The molecule has 1 atom stereocenters. The van der Waals surface area contributed by atoms with Gasteiger partial charge in [0.25, 0.3) is 0 Å². The molecule has 1 rings (SSSR count). The van der Waals surface area contributed by atoms with E-state index in [2.05, 4.69) is 6.92 Å². The average molecular weight is 317 g/mol. The summed E-state index contributed by atoms with van der Waals surface area (Å²) in [7, 11) is -3.90. The van der Waals surface area contributed by atoms with E-state index in [1.165, 1.54) is 6.92 Å². The van der Waals surface area contributed by atoms with Gasteiger partial charge in [-0.2, -0.15) is 0 Å². The van der Waals surface area contributed by atoms with Crippen molar-refractivity contribution >= 4 is 16.0 Å². The van der Waals surface area contributed by atoms with Crippen molar-refractivity contribution in [2.45, 2.75) is 63.9 Å². The molecule has 0 bridgehead atoms. The SMILES string of the molecule is CCCCCCC(C)OC(=O)c1cc(S(N)(=O)=O)c(C)o1. The number of primary sulfonamides is 1. The smallest absolute Gasteiger partial charge is 0.374 e. The van der Waals surface area contributed by atoms with E-state index in [0.717, 1.165) is 38.2 Å². The van der Waals surface area contributed by atoms with Gasteiger partial charge in [0.1, 0.15) is 10.7 Å². The minimum Gasteiger partial charge on any atom is -0.457 e. The maximum Gasteiger partial charge on any atom is 0.374 e. The normalized spacial score (nSPS) is 13.1. The largest absolute Gasteiger partial charge is 0.457 e. The number of esters is 1. The van der Waals surface area contributed by atoms with Gasteiger partial charge in [0.15, 0.2) is 0 Å². The second-order valence-corrected chi connectivity index (χ2v) is 6.67. The maximum absolute atomic E-state index is 11.9. The Balaban J connectivity index is 2.60. The van der Waals surface area contributed by atoms with Gasteiger partial charge in [-0.25, -0.2) is 18.4 Å². The standard InChI is InChI=1S/C14H23NO5S/c1-4-5-6-7-8-10(2)19-14(16)12-9-13(11(3)20-12)21(15,17)18/h9-10H,4-8H2,1-3H3,(H2,15,17,18). The molecule has 0 amide bonds. The van der Waals surface area contributed by atoms with E-state index in [1.807, 2.05) is 0 Å². The zero-order valence-electron chi connectivity index (χ0n) is 12.7. The Labute approximate surface area is 125 Å². The van der Waals surface area contributed by atoms with Gasteiger partial charge in [-0.15, -0.1) is 0 Å². The Bertz CT molecular complexity index is 576.